The molecule has 0 saturated heterocycles. The van der Waals surface area contributed by atoms with Gasteiger partial charge in [-0.15, -0.1) is 0 Å². The first-order valence-corrected chi connectivity index (χ1v) is 9.91. The molecule has 3 aromatic carbocycles. The summed E-state index contributed by atoms with van der Waals surface area (Å²) in [4.78, 5) is 0. The van der Waals surface area contributed by atoms with Gasteiger partial charge in [-0.1, -0.05) is 60.7 Å². The van der Waals surface area contributed by atoms with Crippen molar-refractivity contribution in [3.8, 4) is 0 Å². The van der Waals surface area contributed by atoms with Crippen molar-refractivity contribution in [3.05, 3.63) is 96.1 Å². The fourth-order valence-electron chi connectivity index (χ4n) is 2.36. The summed E-state index contributed by atoms with van der Waals surface area (Å²) < 4.78 is 0. The second-order valence-electron chi connectivity index (χ2n) is 6.05. The van der Waals surface area contributed by atoms with E-state index >= 15 is 0 Å². The Morgan fingerprint density at radius 3 is 1.30 bits per heavy atom. The number of nitrogens with one attached hydrogen (secondary N) is 4. The molecule has 0 unspecified atom stereocenters. The van der Waals surface area contributed by atoms with Gasteiger partial charge in [0.05, 0.1) is 12.4 Å². The quantitative estimate of drug-likeness (QED) is 0.264. The van der Waals surface area contributed by atoms with Gasteiger partial charge < -0.3 is 10.6 Å². The summed E-state index contributed by atoms with van der Waals surface area (Å²) in [6, 6.07) is 27.1. The standard InChI is InChI=1S/C22H20N6S2/c29-21(27-23-15-17-7-3-1-4-8-17)25-19-11-13-20(14-12-19)26-22(30)28-24-16-18-9-5-2-6-10-18/h1-16H,(H2,25,27,29)(H2,26,28,30)/b23-15+,24-16+. The zero-order valence-electron chi connectivity index (χ0n) is 15.9. The number of thiocarbonyl (C=S) groups is 2. The predicted octanol–water partition coefficient (Wildman–Crippen LogP) is 4.33. The number of hydrazone groups is 2. The number of nitrogens with zero attached hydrogens (tertiary/aromatic N) is 2. The van der Waals surface area contributed by atoms with Crippen LogP contribution in [0.4, 0.5) is 11.4 Å². The Bertz CT molecular complexity index is 934. The maximum Gasteiger partial charge on any atom is 0.191 e. The lowest BCUT2D eigenvalue weighted by Crippen LogP contribution is -2.24. The predicted molar refractivity (Wildman–Crippen MR) is 133 cm³/mol. The van der Waals surface area contributed by atoms with Crippen LogP contribution in [0.2, 0.25) is 0 Å². The maximum absolute atomic E-state index is 5.24. The minimum absolute atomic E-state index is 0.398. The van der Waals surface area contributed by atoms with Crippen LogP contribution in [0.1, 0.15) is 11.1 Å². The molecule has 0 aliphatic carbocycles. The summed E-state index contributed by atoms with van der Waals surface area (Å²) in [5.41, 5.74) is 9.21. The molecule has 0 spiro atoms. The van der Waals surface area contributed by atoms with Crippen LogP contribution >= 0.6 is 24.4 Å². The summed E-state index contributed by atoms with van der Waals surface area (Å²) in [7, 11) is 0. The van der Waals surface area contributed by atoms with Crippen LogP contribution < -0.4 is 21.5 Å². The van der Waals surface area contributed by atoms with Gasteiger partial charge in [-0.2, -0.15) is 10.2 Å². The van der Waals surface area contributed by atoms with Gasteiger partial charge >= 0.3 is 0 Å². The number of rotatable bonds is 6. The van der Waals surface area contributed by atoms with Gasteiger partial charge in [-0.3, -0.25) is 10.9 Å². The molecule has 0 radical (unpaired) electrons. The summed E-state index contributed by atoms with van der Waals surface area (Å²) in [5.74, 6) is 0. The maximum atomic E-state index is 5.24. The first-order chi connectivity index (χ1) is 14.7. The largest absolute Gasteiger partial charge is 0.331 e. The molecule has 3 rings (SSSR count). The van der Waals surface area contributed by atoms with Crippen LogP contribution in [-0.2, 0) is 0 Å². The van der Waals surface area contributed by atoms with Crippen LogP contribution in [0.5, 0.6) is 0 Å². The van der Waals surface area contributed by atoms with Gasteiger partial charge in [0.15, 0.2) is 10.2 Å². The molecule has 0 fully saturated rings. The fraction of sp³-hybridized carbons (Fsp3) is 0. The monoisotopic (exact) mass is 432 g/mol. The molecule has 0 aromatic heterocycles. The van der Waals surface area contributed by atoms with Crippen molar-refractivity contribution < 1.29 is 0 Å². The highest BCUT2D eigenvalue weighted by Crippen LogP contribution is 2.13. The highest BCUT2D eigenvalue weighted by atomic mass is 32.1. The van der Waals surface area contributed by atoms with E-state index in [1.807, 2.05) is 84.9 Å². The molecule has 0 aliphatic rings. The smallest absolute Gasteiger partial charge is 0.191 e. The number of hydrogen-bond donors (Lipinski definition) is 4. The van der Waals surface area contributed by atoms with Crippen molar-refractivity contribution in [2.24, 2.45) is 10.2 Å². The average Bonchev–Trinajstić information content (AvgIpc) is 2.77. The van der Waals surface area contributed by atoms with Crippen molar-refractivity contribution in [1.82, 2.24) is 10.9 Å². The molecule has 8 heteroatoms. The third kappa shape index (κ3) is 7.42. The van der Waals surface area contributed by atoms with E-state index in [1.54, 1.807) is 12.4 Å². The van der Waals surface area contributed by atoms with E-state index in [0.717, 1.165) is 22.5 Å². The van der Waals surface area contributed by atoms with Crippen molar-refractivity contribution in [2.75, 3.05) is 10.6 Å². The molecule has 0 atom stereocenters. The van der Waals surface area contributed by atoms with Crippen LogP contribution in [-0.4, -0.2) is 22.7 Å². The molecule has 0 heterocycles. The van der Waals surface area contributed by atoms with Crippen LogP contribution in [0.3, 0.4) is 0 Å². The zero-order chi connectivity index (χ0) is 21.0. The first-order valence-electron chi connectivity index (χ1n) is 9.09. The molecule has 0 amide bonds. The molecule has 0 bridgehead atoms. The van der Waals surface area contributed by atoms with E-state index in [-0.39, 0.29) is 0 Å². The van der Waals surface area contributed by atoms with E-state index in [0.29, 0.717) is 10.2 Å². The van der Waals surface area contributed by atoms with Gasteiger partial charge in [0, 0.05) is 11.4 Å². The highest BCUT2D eigenvalue weighted by Gasteiger charge is 1.99. The molecule has 4 N–H and O–H groups in total. The summed E-state index contributed by atoms with van der Waals surface area (Å²) >= 11 is 10.5. The third-order valence-electron chi connectivity index (χ3n) is 3.76. The Labute approximate surface area is 186 Å². The van der Waals surface area contributed by atoms with Gasteiger partial charge in [-0.05, 0) is 59.8 Å². The van der Waals surface area contributed by atoms with Gasteiger partial charge in [-0.25, -0.2) is 0 Å². The SMILES string of the molecule is S=C(N/N=C/c1ccccc1)Nc1ccc(NC(=S)N/N=C/c2ccccc2)cc1. The Hall–Kier alpha value is -3.62. The Balaban J connectivity index is 1.42. The molecular formula is C22H20N6S2. The fourth-order valence-corrected chi connectivity index (χ4v) is 2.71. The first kappa shape index (κ1) is 21.1. The summed E-state index contributed by atoms with van der Waals surface area (Å²) in [5, 5.41) is 15.2. The van der Waals surface area contributed by atoms with E-state index in [1.165, 1.54) is 0 Å². The van der Waals surface area contributed by atoms with E-state index in [9.17, 15) is 0 Å². The second-order valence-corrected chi connectivity index (χ2v) is 6.86. The molecule has 0 aliphatic heterocycles. The molecule has 6 nitrogen and oxygen atoms in total. The minimum atomic E-state index is 0.398. The molecule has 0 saturated carbocycles. The Morgan fingerprint density at radius 1 is 0.567 bits per heavy atom. The van der Waals surface area contributed by atoms with Crippen molar-refractivity contribution >= 4 is 58.5 Å². The number of hydrogen-bond acceptors (Lipinski definition) is 4. The summed E-state index contributed by atoms with van der Waals surface area (Å²) in [6.07, 6.45) is 3.41. The van der Waals surface area contributed by atoms with Crippen LogP contribution in [0.15, 0.2) is 95.1 Å². The topological polar surface area (TPSA) is 72.8 Å². The second kappa shape index (κ2) is 11.4. The van der Waals surface area contributed by atoms with E-state index in [4.69, 9.17) is 24.4 Å². The van der Waals surface area contributed by atoms with Crippen molar-refractivity contribution in [3.63, 3.8) is 0 Å². The zero-order valence-corrected chi connectivity index (χ0v) is 17.6. The lowest BCUT2D eigenvalue weighted by Gasteiger charge is -2.10. The molecule has 3 aromatic rings. The van der Waals surface area contributed by atoms with Crippen LogP contribution in [0, 0.1) is 0 Å². The van der Waals surface area contributed by atoms with Crippen molar-refractivity contribution in [2.45, 2.75) is 0 Å². The van der Waals surface area contributed by atoms with Crippen LogP contribution in [0.25, 0.3) is 0 Å². The Morgan fingerprint density at radius 2 is 0.933 bits per heavy atom. The molecular weight excluding hydrogens is 412 g/mol. The van der Waals surface area contributed by atoms with E-state index < -0.39 is 0 Å². The average molecular weight is 433 g/mol. The molecule has 150 valence electrons. The van der Waals surface area contributed by atoms with Gasteiger partial charge in [0.2, 0.25) is 0 Å². The highest BCUT2D eigenvalue weighted by molar-refractivity contribution is 7.80. The van der Waals surface area contributed by atoms with Gasteiger partial charge in [0.1, 0.15) is 0 Å². The molecule has 30 heavy (non-hydrogen) atoms. The lowest BCUT2D eigenvalue weighted by molar-refractivity contribution is 1.05. The summed E-state index contributed by atoms with van der Waals surface area (Å²) in [6.45, 7) is 0. The van der Waals surface area contributed by atoms with Gasteiger partial charge in [0.25, 0.3) is 0 Å². The number of anilines is 2. The normalized spacial score (nSPS) is 10.7. The lowest BCUT2D eigenvalue weighted by atomic mass is 10.2. The third-order valence-corrected chi connectivity index (χ3v) is 4.15. The minimum Gasteiger partial charge on any atom is -0.331 e. The number of benzene rings is 3. The van der Waals surface area contributed by atoms with Crippen molar-refractivity contribution in [1.29, 1.82) is 0 Å². The Kier molecular flexibility index (Phi) is 8.02. The van der Waals surface area contributed by atoms with E-state index in [2.05, 4.69) is 31.7 Å².